The van der Waals surface area contributed by atoms with Crippen molar-refractivity contribution in [2.75, 3.05) is 26.2 Å². The Hall–Kier alpha value is -2.96. The smallest absolute Gasteiger partial charge is 0.274 e. The van der Waals surface area contributed by atoms with Gasteiger partial charge in [0.2, 0.25) is 0 Å². The molecule has 0 radical (unpaired) electrons. The molecule has 142 valence electrons. The summed E-state index contributed by atoms with van der Waals surface area (Å²) in [5.74, 6) is -0.221. The van der Waals surface area contributed by atoms with Crippen LogP contribution in [0, 0.1) is 0 Å². The summed E-state index contributed by atoms with van der Waals surface area (Å²) in [7, 11) is 0. The van der Waals surface area contributed by atoms with E-state index in [2.05, 4.69) is 5.10 Å². The van der Waals surface area contributed by atoms with Gasteiger partial charge < -0.3 is 9.80 Å². The van der Waals surface area contributed by atoms with Crippen LogP contribution in [0.25, 0.3) is 0 Å². The van der Waals surface area contributed by atoms with E-state index in [1.54, 1.807) is 21.9 Å². The van der Waals surface area contributed by atoms with Crippen molar-refractivity contribution in [1.29, 1.82) is 0 Å². The summed E-state index contributed by atoms with van der Waals surface area (Å²) in [4.78, 5) is 40.5. The molecule has 1 aliphatic heterocycles. The monoisotopic (exact) mass is 368 g/mol. The average molecular weight is 368 g/mol. The lowest BCUT2D eigenvalue weighted by molar-refractivity contribution is 0.0530. The average Bonchev–Trinajstić information content (AvgIpc) is 2.73. The van der Waals surface area contributed by atoms with E-state index in [-0.39, 0.29) is 23.1 Å². The van der Waals surface area contributed by atoms with Gasteiger partial charge in [-0.2, -0.15) is 5.10 Å². The highest BCUT2D eigenvalue weighted by Crippen LogP contribution is 2.10. The third-order valence-electron chi connectivity index (χ3n) is 4.68. The Balaban J connectivity index is 1.63. The lowest BCUT2D eigenvalue weighted by Gasteiger charge is -2.34. The van der Waals surface area contributed by atoms with Gasteiger partial charge in [0, 0.05) is 44.4 Å². The third kappa shape index (κ3) is 4.42. The molecule has 1 aromatic heterocycles. The van der Waals surface area contributed by atoms with Crippen LogP contribution in [0.2, 0.25) is 0 Å². The van der Waals surface area contributed by atoms with Crippen molar-refractivity contribution in [2.45, 2.75) is 26.3 Å². The Kier molecular flexibility index (Phi) is 6.01. The first-order chi connectivity index (χ1) is 13.1. The molecule has 7 nitrogen and oxygen atoms in total. The SMILES string of the molecule is CCCCn1nc(C(=O)N2CCN(C(=O)c3ccccc3)CC2)ccc1=O. The number of aryl methyl sites for hydroxylation is 1. The van der Waals surface area contributed by atoms with Gasteiger partial charge in [0.15, 0.2) is 0 Å². The van der Waals surface area contributed by atoms with Crippen LogP contribution in [-0.2, 0) is 6.54 Å². The van der Waals surface area contributed by atoms with Gasteiger partial charge in [-0.15, -0.1) is 0 Å². The van der Waals surface area contributed by atoms with Gasteiger partial charge in [0.25, 0.3) is 17.4 Å². The van der Waals surface area contributed by atoms with Crippen molar-refractivity contribution >= 4 is 11.8 Å². The molecule has 0 aliphatic carbocycles. The maximum Gasteiger partial charge on any atom is 0.274 e. The number of benzene rings is 1. The number of carbonyl (C=O) groups excluding carboxylic acids is 2. The van der Waals surface area contributed by atoms with Gasteiger partial charge in [-0.05, 0) is 24.6 Å². The number of amides is 2. The first-order valence-corrected chi connectivity index (χ1v) is 9.32. The lowest BCUT2D eigenvalue weighted by atomic mass is 10.2. The van der Waals surface area contributed by atoms with Gasteiger partial charge >= 0.3 is 0 Å². The van der Waals surface area contributed by atoms with E-state index in [1.165, 1.54) is 16.8 Å². The van der Waals surface area contributed by atoms with E-state index >= 15 is 0 Å². The molecule has 27 heavy (non-hydrogen) atoms. The summed E-state index contributed by atoms with van der Waals surface area (Å²) in [5, 5.41) is 4.22. The number of carbonyl (C=O) groups is 2. The highest BCUT2D eigenvalue weighted by Gasteiger charge is 2.26. The van der Waals surface area contributed by atoms with E-state index in [9.17, 15) is 14.4 Å². The second-order valence-electron chi connectivity index (χ2n) is 6.58. The summed E-state index contributed by atoms with van der Waals surface area (Å²) in [6, 6.07) is 12.0. The minimum Gasteiger partial charge on any atom is -0.335 e. The fourth-order valence-electron chi connectivity index (χ4n) is 3.07. The molecule has 7 heteroatoms. The Labute approximate surface area is 158 Å². The van der Waals surface area contributed by atoms with Crippen molar-refractivity contribution in [3.8, 4) is 0 Å². The molecule has 0 unspecified atom stereocenters. The predicted molar refractivity (Wildman–Crippen MR) is 102 cm³/mol. The summed E-state index contributed by atoms with van der Waals surface area (Å²) in [6.07, 6.45) is 1.79. The minimum atomic E-state index is -0.202. The van der Waals surface area contributed by atoms with Crippen LogP contribution < -0.4 is 5.56 Å². The molecule has 1 saturated heterocycles. The Morgan fingerprint density at radius 3 is 2.19 bits per heavy atom. The molecule has 0 saturated carbocycles. The fourth-order valence-corrected chi connectivity index (χ4v) is 3.07. The molecule has 2 aromatic rings. The largest absolute Gasteiger partial charge is 0.335 e. The van der Waals surface area contributed by atoms with Gasteiger partial charge in [-0.3, -0.25) is 14.4 Å². The highest BCUT2D eigenvalue weighted by molar-refractivity contribution is 5.95. The zero-order chi connectivity index (χ0) is 19.2. The first kappa shape index (κ1) is 18.8. The lowest BCUT2D eigenvalue weighted by Crippen LogP contribution is -2.51. The van der Waals surface area contributed by atoms with Gasteiger partial charge in [0.05, 0.1) is 0 Å². The summed E-state index contributed by atoms with van der Waals surface area (Å²) < 4.78 is 1.35. The molecule has 0 atom stereocenters. The number of nitrogens with zero attached hydrogens (tertiary/aromatic N) is 4. The van der Waals surface area contributed by atoms with Crippen LogP contribution in [0.3, 0.4) is 0 Å². The number of piperazine rings is 1. The van der Waals surface area contributed by atoms with Crippen molar-refractivity contribution in [3.05, 3.63) is 64.1 Å². The van der Waals surface area contributed by atoms with Gasteiger partial charge in [-0.25, -0.2) is 4.68 Å². The number of rotatable bonds is 5. The van der Waals surface area contributed by atoms with Gasteiger partial charge in [0.1, 0.15) is 5.69 Å². The van der Waals surface area contributed by atoms with Crippen molar-refractivity contribution in [3.63, 3.8) is 0 Å². The van der Waals surface area contributed by atoms with Crippen molar-refractivity contribution < 1.29 is 9.59 Å². The van der Waals surface area contributed by atoms with E-state index in [0.29, 0.717) is 38.3 Å². The Bertz CT molecular complexity index is 855. The van der Waals surface area contributed by atoms with Crippen LogP contribution in [0.5, 0.6) is 0 Å². The Morgan fingerprint density at radius 1 is 0.926 bits per heavy atom. The van der Waals surface area contributed by atoms with Crippen molar-refractivity contribution in [1.82, 2.24) is 19.6 Å². The minimum absolute atomic E-state index is 0.0195. The van der Waals surface area contributed by atoms with E-state index in [1.807, 2.05) is 25.1 Å². The second-order valence-corrected chi connectivity index (χ2v) is 6.58. The van der Waals surface area contributed by atoms with Crippen LogP contribution in [0.15, 0.2) is 47.3 Å². The number of unbranched alkanes of at least 4 members (excludes halogenated alkanes) is 1. The number of hydrogen-bond acceptors (Lipinski definition) is 4. The van der Waals surface area contributed by atoms with Crippen LogP contribution in [0.1, 0.15) is 40.6 Å². The molecule has 3 rings (SSSR count). The first-order valence-electron chi connectivity index (χ1n) is 9.32. The van der Waals surface area contributed by atoms with Gasteiger partial charge in [-0.1, -0.05) is 31.5 Å². The molecule has 0 spiro atoms. The second kappa shape index (κ2) is 8.62. The quantitative estimate of drug-likeness (QED) is 0.804. The van der Waals surface area contributed by atoms with Crippen LogP contribution >= 0.6 is 0 Å². The van der Waals surface area contributed by atoms with E-state index in [0.717, 1.165) is 12.8 Å². The normalized spacial score (nSPS) is 14.3. The topological polar surface area (TPSA) is 75.5 Å². The molecule has 2 amide bonds. The molecule has 1 aliphatic rings. The number of aromatic nitrogens is 2. The maximum atomic E-state index is 12.7. The summed E-state index contributed by atoms with van der Waals surface area (Å²) >= 11 is 0. The third-order valence-corrected chi connectivity index (χ3v) is 4.68. The summed E-state index contributed by atoms with van der Waals surface area (Å²) in [5.41, 5.74) is 0.730. The molecule has 2 heterocycles. The maximum absolute atomic E-state index is 12.7. The molecule has 1 aromatic carbocycles. The molecular formula is C20H24N4O3. The fraction of sp³-hybridized carbons (Fsp3) is 0.400. The molecule has 0 N–H and O–H groups in total. The zero-order valence-electron chi connectivity index (χ0n) is 15.5. The van der Waals surface area contributed by atoms with Crippen LogP contribution in [-0.4, -0.2) is 57.6 Å². The molecule has 1 fully saturated rings. The van der Waals surface area contributed by atoms with E-state index < -0.39 is 0 Å². The zero-order valence-corrected chi connectivity index (χ0v) is 15.5. The molecule has 0 bridgehead atoms. The highest BCUT2D eigenvalue weighted by atomic mass is 16.2. The Morgan fingerprint density at radius 2 is 1.56 bits per heavy atom. The predicted octanol–water partition coefficient (Wildman–Crippen LogP) is 1.64. The van der Waals surface area contributed by atoms with Crippen molar-refractivity contribution in [2.24, 2.45) is 0 Å². The summed E-state index contributed by atoms with van der Waals surface area (Å²) in [6.45, 7) is 4.41. The van der Waals surface area contributed by atoms with E-state index in [4.69, 9.17) is 0 Å². The molecular weight excluding hydrogens is 344 g/mol. The van der Waals surface area contributed by atoms with Crippen LogP contribution in [0.4, 0.5) is 0 Å². The standard InChI is InChI=1S/C20H24N4O3/c1-2-3-11-24-18(25)10-9-17(21-24)20(27)23-14-12-22(13-15-23)19(26)16-7-5-4-6-8-16/h4-10H,2-3,11-15H2,1H3. The number of hydrogen-bond donors (Lipinski definition) is 0.